The summed E-state index contributed by atoms with van der Waals surface area (Å²) in [6.07, 6.45) is 2.29. The predicted octanol–water partition coefficient (Wildman–Crippen LogP) is 1.96. The summed E-state index contributed by atoms with van der Waals surface area (Å²) < 4.78 is 5.24. The highest BCUT2D eigenvalue weighted by Gasteiger charge is 2.35. The van der Waals surface area contributed by atoms with Crippen LogP contribution < -0.4 is 5.73 Å². The molecule has 3 nitrogen and oxygen atoms in total. The molecule has 0 radical (unpaired) electrons. The second-order valence-electron chi connectivity index (χ2n) is 3.44. The zero-order valence-corrected chi connectivity index (χ0v) is 8.98. The van der Waals surface area contributed by atoms with Crippen molar-refractivity contribution in [2.75, 3.05) is 13.2 Å². The first-order chi connectivity index (χ1) is 6.62. The second kappa shape index (κ2) is 3.66. The number of hydrogen-bond acceptors (Lipinski definition) is 3. The van der Waals surface area contributed by atoms with Crippen LogP contribution in [0.25, 0.3) is 0 Å². The van der Waals surface area contributed by atoms with Crippen LogP contribution in [0.3, 0.4) is 0 Å². The summed E-state index contributed by atoms with van der Waals surface area (Å²) in [7, 11) is 0. The summed E-state index contributed by atoms with van der Waals surface area (Å²) in [6, 6.07) is 1.65. The maximum absolute atomic E-state index is 6.12. The van der Waals surface area contributed by atoms with Crippen LogP contribution in [0.15, 0.2) is 12.3 Å². The minimum Gasteiger partial charge on any atom is -0.379 e. The highest BCUT2D eigenvalue weighted by Crippen LogP contribution is 2.32. The van der Waals surface area contributed by atoms with E-state index < -0.39 is 5.54 Å². The average Bonchev–Trinajstić information content (AvgIpc) is 2.52. The largest absolute Gasteiger partial charge is 0.379 e. The molecule has 1 saturated heterocycles. The fraction of sp³-hybridized carbons (Fsp3) is 0.444. The van der Waals surface area contributed by atoms with Crippen molar-refractivity contribution in [1.29, 1.82) is 0 Å². The van der Waals surface area contributed by atoms with E-state index >= 15 is 0 Å². The molecular weight excluding hydrogens is 223 g/mol. The van der Waals surface area contributed by atoms with Gasteiger partial charge in [-0.15, -0.1) is 0 Å². The zero-order valence-electron chi connectivity index (χ0n) is 7.46. The van der Waals surface area contributed by atoms with Crippen LogP contribution in [0, 0.1) is 0 Å². The molecule has 0 saturated carbocycles. The van der Waals surface area contributed by atoms with E-state index in [1.54, 1.807) is 12.3 Å². The zero-order chi connectivity index (χ0) is 10.2. The third-order valence-corrected chi connectivity index (χ3v) is 2.83. The lowest BCUT2D eigenvalue weighted by Crippen LogP contribution is -2.38. The Kier molecular flexibility index (Phi) is 2.66. The van der Waals surface area contributed by atoms with E-state index in [2.05, 4.69) is 4.98 Å². The lowest BCUT2D eigenvalue weighted by Gasteiger charge is -2.21. The molecule has 1 aromatic heterocycles. The average molecular weight is 233 g/mol. The number of nitrogens with zero attached hydrogens (tertiary/aromatic N) is 1. The van der Waals surface area contributed by atoms with E-state index in [0.29, 0.717) is 29.0 Å². The molecule has 0 aliphatic carbocycles. The van der Waals surface area contributed by atoms with Gasteiger partial charge in [-0.25, -0.2) is 0 Å². The Labute approximate surface area is 92.2 Å². The van der Waals surface area contributed by atoms with Crippen molar-refractivity contribution < 1.29 is 4.74 Å². The molecule has 5 heteroatoms. The predicted molar refractivity (Wildman–Crippen MR) is 55.6 cm³/mol. The minimum absolute atomic E-state index is 0.460. The SMILES string of the molecule is NC1(c2ncc(Cl)cc2Cl)CCOC1. The number of ether oxygens (including phenoxy) is 1. The van der Waals surface area contributed by atoms with Gasteiger partial charge in [-0.3, -0.25) is 4.98 Å². The van der Waals surface area contributed by atoms with Crippen molar-refractivity contribution in [1.82, 2.24) is 4.98 Å². The van der Waals surface area contributed by atoms with Gasteiger partial charge in [0.1, 0.15) is 0 Å². The number of halogens is 2. The van der Waals surface area contributed by atoms with E-state index in [0.717, 1.165) is 6.42 Å². The van der Waals surface area contributed by atoms with Crippen molar-refractivity contribution >= 4 is 23.2 Å². The molecule has 1 aliphatic rings. The summed E-state index contributed by atoms with van der Waals surface area (Å²) in [5.74, 6) is 0. The summed E-state index contributed by atoms with van der Waals surface area (Å²) in [6.45, 7) is 1.11. The molecule has 0 bridgehead atoms. The molecule has 1 aliphatic heterocycles. The molecule has 2 N–H and O–H groups in total. The molecule has 0 aromatic carbocycles. The van der Waals surface area contributed by atoms with Crippen LogP contribution in [-0.4, -0.2) is 18.2 Å². The van der Waals surface area contributed by atoms with Crippen LogP contribution in [0.1, 0.15) is 12.1 Å². The molecule has 0 amide bonds. The molecular formula is C9H10Cl2N2O. The highest BCUT2D eigenvalue weighted by atomic mass is 35.5. The van der Waals surface area contributed by atoms with E-state index in [4.69, 9.17) is 33.7 Å². The van der Waals surface area contributed by atoms with Gasteiger partial charge in [0.2, 0.25) is 0 Å². The Morgan fingerprint density at radius 1 is 1.50 bits per heavy atom. The summed E-state index contributed by atoms with van der Waals surface area (Å²) >= 11 is 11.8. The van der Waals surface area contributed by atoms with Gasteiger partial charge in [-0.05, 0) is 12.5 Å². The second-order valence-corrected chi connectivity index (χ2v) is 4.29. The monoisotopic (exact) mass is 232 g/mol. The minimum atomic E-state index is -0.554. The van der Waals surface area contributed by atoms with Crippen molar-refractivity contribution in [3.63, 3.8) is 0 Å². The number of aromatic nitrogens is 1. The van der Waals surface area contributed by atoms with Crippen LogP contribution in [0.4, 0.5) is 0 Å². The van der Waals surface area contributed by atoms with Gasteiger partial charge in [0, 0.05) is 12.8 Å². The number of nitrogens with two attached hydrogens (primary N) is 1. The van der Waals surface area contributed by atoms with E-state index in [1.807, 2.05) is 0 Å². The number of hydrogen-bond donors (Lipinski definition) is 1. The fourth-order valence-electron chi connectivity index (χ4n) is 1.55. The van der Waals surface area contributed by atoms with Crippen LogP contribution in [0.5, 0.6) is 0 Å². The topological polar surface area (TPSA) is 48.1 Å². The maximum Gasteiger partial charge on any atom is 0.0857 e. The van der Waals surface area contributed by atoms with Gasteiger partial charge in [-0.1, -0.05) is 23.2 Å². The quantitative estimate of drug-likeness (QED) is 0.806. The third kappa shape index (κ3) is 1.73. The lowest BCUT2D eigenvalue weighted by atomic mass is 9.95. The van der Waals surface area contributed by atoms with Gasteiger partial charge in [-0.2, -0.15) is 0 Å². The Morgan fingerprint density at radius 3 is 2.86 bits per heavy atom. The summed E-state index contributed by atoms with van der Waals surface area (Å²) in [5.41, 5.74) is 6.23. The Morgan fingerprint density at radius 2 is 2.29 bits per heavy atom. The molecule has 2 rings (SSSR count). The molecule has 1 aromatic rings. The molecule has 14 heavy (non-hydrogen) atoms. The van der Waals surface area contributed by atoms with E-state index in [1.165, 1.54) is 0 Å². The third-order valence-electron chi connectivity index (χ3n) is 2.33. The molecule has 1 atom stereocenters. The van der Waals surface area contributed by atoms with Gasteiger partial charge in [0.15, 0.2) is 0 Å². The summed E-state index contributed by atoms with van der Waals surface area (Å²) in [5, 5.41) is 1.02. The smallest absolute Gasteiger partial charge is 0.0857 e. The molecule has 1 unspecified atom stereocenters. The number of rotatable bonds is 1. The van der Waals surface area contributed by atoms with E-state index in [9.17, 15) is 0 Å². The fourth-order valence-corrected chi connectivity index (χ4v) is 2.12. The van der Waals surface area contributed by atoms with Gasteiger partial charge in [0.05, 0.1) is 27.9 Å². The standard InChI is InChI=1S/C9H10Cl2N2O/c10-6-3-7(11)8(13-4-6)9(12)1-2-14-5-9/h3-4H,1-2,5,12H2. The lowest BCUT2D eigenvalue weighted by molar-refractivity contribution is 0.177. The molecule has 76 valence electrons. The molecule has 0 spiro atoms. The Balaban J connectivity index is 2.40. The van der Waals surface area contributed by atoms with Crippen LogP contribution in [0.2, 0.25) is 10.0 Å². The Bertz CT molecular complexity index is 351. The van der Waals surface area contributed by atoms with Crippen LogP contribution >= 0.6 is 23.2 Å². The van der Waals surface area contributed by atoms with Gasteiger partial charge >= 0.3 is 0 Å². The van der Waals surface area contributed by atoms with Gasteiger partial charge < -0.3 is 10.5 Å². The van der Waals surface area contributed by atoms with E-state index in [-0.39, 0.29) is 0 Å². The summed E-state index contributed by atoms with van der Waals surface area (Å²) in [4.78, 5) is 4.16. The van der Waals surface area contributed by atoms with Crippen LogP contribution in [-0.2, 0) is 10.3 Å². The first kappa shape index (κ1) is 10.2. The van der Waals surface area contributed by atoms with Crippen molar-refractivity contribution in [3.05, 3.63) is 28.0 Å². The van der Waals surface area contributed by atoms with Gasteiger partial charge in [0.25, 0.3) is 0 Å². The number of pyridine rings is 1. The van der Waals surface area contributed by atoms with Crippen molar-refractivity contribution in [2.45, 2.75) is 12.0 Å². The van der Waals surface area contributed by atoms with Crippen molar-refractivity contribution in [2.24, 2.45) is 5.73 Å². The first-order valence-electron chi connectivity index (χ1n) is 4.30. The normalized spacial score (nSPS) is 26.8. The maximum atomic E-state index is 6.12. The highest BCUT2D eigenvalue weighted by molar-refractivity contribution is 6.34. The first-order valence-corrected chi connectivity index (χ1v) is 5.05. The van der Waals surface area contributed by atoms with Crippen molar-refractivity contribution in [3.8, 4) is 0 Å². The molecule has 2 heterocycles. The molecule has 1 fully saturated rings. The Hall–Kier alpha value is -0.350.